The molecule has 0 bridgehead atoms. The predicted octanol–water partition coefficient (Wildman–Crippen LogP) is 2.19. The van der Waals surface area contributed by atoms with Crippen molar-refractivity contribution in [3.8, 4) is 0 Å². The number of benzene rings is 2. The van der Waals surface area contributed by atoms with E-state index >= 15 is 0 Å². The first-order valence-electron chi connectivity index (χ1n) is 10.4. The Hall–Kier alpha value is -2.27. The van der Waals surface area contributed by atoms with E-state index in [1.165, 1.54) is 26.2 Å². The highest BCUT2D eigenvalue weighted by molar-refractivity contribution is 7.89. The number of carbonyl (C=O) groups is 1. The summed E-state index contributed by atoms with van der Waals surface area (Å²) >= 11 is 0. The molecule has 0 heterocycles. The van der Waals surface area contributed by atoms with Crippen molar-refractivity contribution in [2.75, 3.05) is 14.1 Å². The molecule has 32 heavy (non-hydrogen) atoms. The molecule has 2 N–H and O–H groups in total. The van der Waals surface area contributed by atoms with E-state index in [1.54, 1.807) is 36.4 Å². The zero-order valence-electron chi connectivity index (χ0n) is 18.4. The lowest BCUT2D eigenvalue weighted by atomic mass is 10.1. The van der Waals surface area contributed by atoms with Gasteiger partial charge in [0.15, 0.2) is 0 Å². The van der Waals surface area contributed by atoms with Gasteiger partial charge in [-0.3, -0.25) is 4.79 Å². The van der Waals surface area contributed by atoms with Crippen molar-refractivity contribution in [1.29, 1.82) is 0 Å². The first kappa shape index (κ1) is 24.4. The Morgan fingerprint density at radius 2 is 1.53 bits per heavy atom. The van der Waals surface area contributed by atoms with Gasteiger partial charge in [-0.1, -0.05) is 24.3 Å². The van der Waals surface area contributed by atoms with E-state index in [4.69, 9.17) is 0 Å². The number of nitrogens with zero attached hydrogens (tertiary/aromatic N) is 1. The Morgan fingerprint density at radius 1 is 0.969 bits per heavy atom. The first-order chi connectivity index (χ1) is 15.0. The van der Waals surface area contributed by atoms with Gasteiger partial charge in [-0.25, -0.2) is 25.9 Å². The zero-order chi connectivity index (χ0) is 23.5. The summed E-state index contributed by atoms with van der Waals surface area (Å²) < 4.78 is 52.5. The number of carbonyl (C=O) groups excluding carboxylic acids is 1. The molecule has 0 aromatic heterocycles. The molecule has 1 amide bonds. The third-order valence-electron chi connectivity index (χ3n) is 5.31. The van der Waals surface area contributed by atoms with Crippen LogP contribution in [-0.4, -0.2) is 47.2 Å². The molecule has 1 atom stereocenters. The van der Waals surface area contributed by atoms with Crippen LogP contribution in [0.1, 0.15) is 43.4 Å². The van der Waals surface area contributed by atoms with E-state index in [-0.39, 0.29) is 34.2 Å². The molecule has 2 aromatic rings. The fraction of sp³-hybridized carbons (Fsp3) is 0.409. The molecular formula is C22H29N3O5S2. The summed E-state index contributed by atoms with van der Waals surface area (Å²) in [6.07, 6.45) is 2.49. The lowest BCUT2D eigenvalue weighted by Gasteiger charge is -2.16. The van der Waals surface area contributed by atoms with E-state index < -0.39 is 20.0 Å². The van der Waals surface area contributed by atoms with Crippen LogP contribution >= 0.6 is 0 Å². The number of hydrogen-bond acceptors (Lipinski definition) is 5. The molecule has 1 aliphatic rings. The lowest BCUT2D eigenvalue weighted by Crippen LogP contribution is -2.27. The summed E-state index contributed by atoms with van der Waals surface area (Å²) in [5.74, 6) is -0.144. The van der Waals surface area contributed by atoms with Crippen LogP contribution in [0.3, 0.4) is 0 Å². The second-order valence-corrected chi connectivity index (χ2v) is 12.1. The van der Waals surface area contributed by atoms with Gasteiger partial charge in [-0.05, 0) is 61.6 Å². The number of sulfonamides is 2. The van der Waals surface area contributed by atoms with Crippen LogP contribution < -0.4 is 10.0 Å². The molecule has 0 radical (unpaired) electrons. The highest BCUT2D eigenvalue weighted by atomic mass is 32.2. The average Bonchev–Trinajstić information content (AvgIpc) is 3.56. The van der Waals surface area contributed by atoms with Crippen molar-refractivity contribution in [3.05, 3.63) is 59.7 Å². The van der Waals surface area contributed by atoms with Crippen molar-refractivity contribution >= 4 is 26.0 Å². The molecule has 0 saturated heterocycles. The van der Waals surface area contributed by atoms with Crippen LogP contribution in [0.15, 0.2) is 58.3 Å². The number of amides is 1. The van der Waals surface area contributed by atoms with Gasteiger partial charge >= 0.3 is 0 Å². The summed E-state index contributed by atoms with van der Waals surface area (Å²) in [4.78, 5) is 12.8. The summed E-state index contributed by atoms with van der Waals surface area (Å²) in [6, 6.07) is 12.8. The Bertz CT molecular complexity index is 1160. The maximum atomic E-state index is 12.4. The standard InChI is InChI=1S/C22H29N3O5S2/c1-16(18-7-13-21(14-8-18)32(29,30)25(2)3)23-22(26)15-6-17-4-11-20(12-5-17)31(27,28)24-19-9-10-19/h4-5,7-8,11-14,16,19,24H,6,9-10,15H2,1-3H3,(H,23,26). The molecule has 0 aliphatic heterocycles. The molecule has 8 nitrogen and oxygen atoms in total. The van der Waals surface area contributed by atoms with E-state index in [1.807, 2.05) is 6.92 Å². The molecule has 174 valence electrons. The highest BCUT2D eigenvalue weighted by Gasteiger charge is 2.27. The van der Waals surface area contributed by atoms with Crippen LogP contribution in [0, 0.1) is 0 Å². The fourth-order valence-corrected chi connectivity index (χ4v) is 5.32. The topological polar surface area (TPSA) is 113 Å². The monoisotopic (exact) mass is 479 g/mol. The molecule has 10 heteroatoms. The number of hydrogen-bond donors (Lipinski definition) is 2. The van der Waals surface area contributed by atoms with Crippen LogP contribution in [0.25, 0.3) is 0 Å². The minimum Gasteiger partial charge on any atom is -0.350 e. The molecule has 1 fully saturated rings. The quantitative estimate of drug-likeness (QED) is 0.542. The summed E-state index contributed by atoms with van der Waals surface area (Å²) in [7, 11) is -4.02. The minimum atomic E-state index is -3.49. The van der Waals surface area contributed by atoms with Gasteiger partial charge in [0.25, 0.3) is 0 Å². The van der Waals surface area contributed by atoms with Crippen LogP contribution in [-0.2, 0) is 31.3 Å². The molecule has 0 spiro atoms. The average molecular weight is 480 g/mol. The summed E-state index contributed by atoms with van der Waals surface area (Å²) in [6.45, 7) is 1.83. The van der Waals surface area contributed by atoms with E-state index in [2.05, 4.69) is 10.0 Å². The van der Waals surface area contributed by atoms with Gasteiger partial charge < -0.3 is 5.32 Å². The van der Waals surface area contributed by atoms with Crippen molar-refractivity contribution in [1.82, 2.24) is 14.3 Å². The Kier molecular flexibility index (Phi) is 7.39. The summed E-state index contributed by atoms with van der Waals surface area (Å²) in [5, 5.41) is 2.91. The van der Waals surface area contributed by atoms with Gasteiger partial charge in [0, 0.05) is 26.6 Å². The molecule has 3 rings (SSSR count). The van der Waals surface area contributed by atoms with Crippen molar-refractivity contribution in [2.24, 2.45) is 0 Å². The van der Waals surface area contributed by atoms with Crippen LogP contribution in [0.5, 0.6) is 0 Å². The van der Waals surface area contributed by atoms with Crippen molar-refractivity contribution in [2.45, 2.75) is 54.5 Å². The van der Waals surface area contributed by atoms with Gasteiger partial charge in [0.1, 0.15) is 0 Å². The second-order valence-electron chi connectivity index (χ2n) is 8.19. The van der Waals surface area contributed by atoms with E-state index in [9.17, 15) is 21.6 Å². The van der Waals surface area contributed by atoms with Crippen LogP contribution in [0.2, 0.25) is 0 Å². The largest absolute Gasteiger partial charge is 0.350 e. The molecule has 1 aliphatic carbocycles. The molecule has 2 aromatic carbocycles. The zero-order valence-corrected chi connectivity index (χ0v) is 20.0. The van der Waals surface area contributed by atoms with Crippen molar-refractivity contribution < 1.29 is 21.6 Å². The second kappa shape index (κ2) is 9.70. The Morgan fingerprint density at radius 3 is 2.06 bits per heavy atom. The highest BCUT2D eigenvalue weighted by Crippen LogP contribution is 2.22. The fourth-order valence-electron chi connectivity index (χ4n) is 3.12. The lowest BCUT2D eigenvalue weighted by molar-refractivity contribution is -0.121. The normalized spacial score (nSPS) is 15.5. The van der Waals surface area contributed by atoms with E-state index in [0.717, 1.165) is 28.3 Å². The maximum absolute atomic E-state index is 12.4. The molecule has 1 unspecified atom stereocenters. The van der Waals surface area contributed by atoms with Crippen LogP contribution in [0.4, 0.5) is 0 Å². The van der Waals surface area contributed by atoms with Gasteiger partial charge in [-0.2, -0.15) is 0 Å². The number of rotatable bonds is 10. The van der Waals surface area contributed by atoms with Gasteiger partial charge in [0.05, 0.1) is 15.8 Å². The minimum absolute atomic E-state index is 0.0546. The predicted molar refractivity (Wildman–Crippen MR) is 122 cm³/mol. The third kappa shape index (κ3) is 6.16. The third-order valence-corrected chi connectivity index (χ3v) is 8.68. The first-order valence-corrected chi connectivity index (χ1v) is 13.3. The number of nitrogens with one attached hydrogen (secondary N) is 2. The van der Waals surface area contributed by atoms with Gasteiger partial charge in [-0.15, -0.1) is 0 Å². The number of aryl methyl sites for hydroxylation is 1. The van der Waals surface area contributed by atoms with Gasteiger partial charge in [0.2, 0.25) is 26.0 Å². The molecular weight excluding hydrogens is 450 g/mol. The summed E-state index contributed by atoms with van der Waals surface area (Å²) in [5.41, 5.74) is 1.67. The molecule has 1 saturated carbocycles. The Labute approximate surface area is 190 Å². The van der Waals surface area contributed by atoms with Crippen molar-refractivity contribution in [3.63, 3.8) is 0 Å². The SMILES string of the molecule is CC(NC(=O)CCc1ccc(S(=O)(=O)NC2CC2)cc1)c1ccc(S(=O)(=O)N(C)C)cc1. The van der Waals surface area contributed by atoms with E-state index in [0.29, 0.717) is 6.42 Å². The Balaban J connectivity index is 1.52. The smallest absolute Gasteiger partial charge is 0.242 e. The maximum Gasteiger partial charge on any atom is 0.242 e.